The van der Waals surface area contributed by atoms with Gasteiger partial charge >= 0.3 is 11.9 Å². The summed E-state index contributed by atoms with van der Waals surface area (Å²) in [6, 6.07) is 9.59. The molecule has 6 heteroatoms. The van der Waals surface area contributed by atoms with Crippen molar-refractivity contribution in [1.29, 1.82) is 0 Å². The maximum absolute atomic E-state index is 11.4. The largest absolute Gasteiger partial charge is 0.466 e. The van der Waals surface area contributed by atoms with Gasteiger partial charge in [0.15, 0.2) is 0 Å². The van der Waals surface area contributed by atoms with Crippen molar-refractivity contribution in [2.45, 2.75) is 0 Å². The Morgan fingerprint density at radius 3 is 2.33 bits per heavy atom. The monoisotopic (exact) mass is 323 g/mol. The summed E-state index contributed by atoms with van der Waals surface area (Å²) in [6.07, 6.45) is 1.03. The van der Waals surface area contributed by atoms with Crippen molar-refractivity contribution in [1.82, 2.24) is 0 Å². The van der Waals surface area contributed by atoms with Crippen LogP contribution < -0.4 is 5.32 Å². The molecule has 0 bridgehead atoms. The molecule has 0 aliphatic carbocycles. The molecule has 0 aliphatic heterocycles. The van der Waals surface area contributed by atoms with Gasteiger partial charge in [0.25, 0.3) is 0 Å². The van der Waals surface area contributed by atoms with Gasteiger partial charge in [-0.1, -0.05) is 5.69 Å². The average molecular weight is 323 g/mol. The van der Waals surface area contributed by atoms with Crippen LogP contribution in [0.1, 0.15) is 0 Å². The van der Waals surface area contributed by atoms with Crippen molar-refractivity contribution in [3.63, 3.8) is 0 Å². The molecule has 0 heterocycles. The normalized spacial score (nSPS) is 10.0. The second-order valence-electron chi connectivity index (χ2n) is 2.99. The van der Waals surface area contributed by atoms with Crippen LogP contribution in [-0.2, 0) is 51.8 Å². The van der Waals surface area contributed by atoms with E-state index in [4.69, 9.17) is 0 Å². The third kappa shape index (κ3) is 5.42. The second kappa shape index (κ2) is 8.83. The minimum Gasteiger partial charge on any atom is -0.466 e. The number of hydrogen-bond acceptors (Lipinski definition) is 5. The number of esters is 2. The van der Waals surface area contributed by atoms with Crippen molar-refractivity contribution in [2.24, 2.45) is 0 Å². The molecule has 0 atom stereocenters. The van der Waals surface area contributed by atoms with E-state index in [1.165, 1.54) is 14.2 Å². The topological polar surface area (TPSA) is 64.6 Å². The van der Waals surface area contributed by atoms with Crippen LogP contribution >= 0.6 is 0 Å². The third-order valence-electron chi connectivity index (χ3n) is 1.87. The first-order valence-electron chi connectivity index (χ1n) is 4.78. The summed E-state index contributed by atoms with van der Waals surface area (Å²) in [6.45, 7) is 0. The number of anilines is 1. The predicted octanol–water partition coefficient (Wildman–Crippen LogP) is 1.13. The zero-order valence-electron chi connectivity index (χ0n) is 10.1. The maximum Gasteiger partial charge on any atom is 0.354 e. The van der Waals surface area contributed by atoms with Crippen LogP contribution in [0.2, 0.25) is 0 Å². The third-order valence-corrected chi connectivity index (χ3v) is 1.87. The van der Waals surface area contributed by atoms with Crippen LogP contribution in [0.3, 0.4) is 0 Å². The fourth-order valence-electron chi connectivity index (χ4n) is 1.06. The van der Waals surface area contributed by atoms with E-state index in [0.29, 0.717) is 5.69 Å². The standard InChI is InChI=1S/C12H12NO4.Y/c1-16-11(14)8-10(12(15)17-2)13-9-6-4-3-5-7-9;/h4-8,13H,1-2H3;/q-1;/b10-8+;. The first-order chi connectivity index (χ1) is 8.17. The Balaban J connectivity index is 0.00000289. The molecule has 0 saturated heterocycles. The number of carbonyl (C=O) groups is 2. The Bertz CT molecular complexity index is 431. The molecule has 0 amide bonds. The number of nitrogens with one attached hydrogen (secondary N) is 1. The summed E-state index contributed by atoms with van der Waals surface area (Å²) in [4.78, 5) is 22.5. The minimum absolute atomic E-state index is 0. The molecule has 5 nitrogen and oxygen atoms in total. The van der Waals surface area contributed by atoms with E-state index in [1.807, 2.05) is 0 Å². The molecule has 18 heavy (non-hydrogen) atoms. The number of hydrogen-bond donors (Lipinski definition) is 1. The van der Waals surface area contributed by atoms with Crippen molar-refractivity contribution >= 4 is 17.6 Å². The second-order valence-corrected chi connectivity index (χ2v) is 2.99. The molecular formula is C12H12NO4Y-. The fourth-order valence-corrected chi connectivity index (χ4v) is 1.06. The van der Waals surface area contributed by atoms with Gasteiger partial charge in [-0.3, -0.25) is 0 Å². The molecule has 1 aromatic carbocycles. The first-order valence-corrected chi connectivity index (χ1v) is 4.78. The van der Waals surface area contributed by atoms with Crippen LogP contribution in [-0.4, -0.2) is 26.2 Å². The fraction of sp³-hybridized carbons (Fsp3) is 0.167. The van der Waals surface area contributed by atoms with Crippen molar-refractivity contribution in [3.05, 3.63) is 42.1 Å². The molecule has 0 aromatic heterocycles. The smallest absolute Gasteiger partial charge is 0.354 e. The van der Waals surface area contributed by atoms with E-state index >= 15 is 0 Å². The molecule has 1 radical (unpaired) electrons. The molecule has 0 spiro atoms. The van der Waals surface area contributed by atoms with Gasteiger partial charge in [0.05, 0.1) is 20.3 Å². The molecule has 1 rings (SSSR count). The van der Waals surface area contributed by atoms with Crippen LogP contribution in [0, 0.1) is 6.07 Å². The first kappa shape index (κ1) is 16.8. The van der Waals surface area contributed by atoms with E-state index in [0.717, 1.165) is 6.08 Å². The van der Waals surface area contributed by atoms with E-state index in [9.17, 15) is 9.59 Å². The van der Waals surface area contributed by atoms with Gasteiger partial charge in [-0.25, -0.2) is 9.59 Å². The Morgan fingerprint density at radius 2 is 1.83 bits per heavy atom. The van der Waals surface area contributed by atoms with Gasteiger partial charge in [-0.2, -0.15) is 18.2 Å². The molecule has 0 saturated carbocycles. The summed E-state index contributed by atoms with van der Waals surface area (Å²) in [7, 11) is 2.46. The summed E-state index contributed by atoms with van der Waals surface area (Å²) in [5.41, 5.74) is 0.648. The van der Waals surface area contributed by atoms with Gasteiger partial charge < -0.3 is 14.8 Å². The Labute approximate surface area is 130 Å². The number of benzene rings is 1. The van der Waals surface area contributed by atoms with Crippen LogP contribution in [0.5, 0.6) is 0 Å². The van der Waals surface area contributed by atoms with Crippen LogP contribution in [0.25, 0.3) is 0 Å². The minimum atomic E-state index is -0.650. The molecule has 0 unspecified atom stereocenters. The van der Waals surface area contributed by atoms with E-state index in [2.05, 4.69) is 20.9 Å². The van der Waals surface area contributed by atoms with Crippen molar-refractivity contribution in [3.8, 4) is 0 Å². The number of carbonyl (C=O) groups excluding carboxylic acids is 2. The number of methoxy groups -OCH3 is 2. The van der Waals surface area contributed by atoms with Gasteiger partial charge in [0, 0.05) is 32.7 Å². The van der Waals surface area contributed by atoms with Crippen molar-refractivity contribution < 1.29 is 51.8 Å². The number of ether oxygens (including phenoxy) is 2. The summed E-state index contributed by atoms with van der Waals surface area (Å²) < 4.78 is 8.99. The van der Waals surface area contributed by atoms with Gasteiger partial charge in [0.1, 0.15) is 5.70 Å². The predicted molar refractivity (Wildman–Crippen MR) is 61.0 cm³/mol. The number of rotatable bonds is 4. The van der Waals surface area contributed by atoms with Gasteiger partial charge in [-0.15, -0.1) is 12.1 Å². The zero-order chi connectivity index (χ0) is 12.7. The molecule has 0 aliphatic rings. The molecule has 0 fully saturated rings. The molecule has 93 valence electrons. The molecule has 1 aromatic rings. The van der Waals surface area contributed by atoms with Crippen LogP contribution in [0.4, 0.5) is 5.69 Å². The van der Waals surface area contributed by atoms with Crippen LogP contribution in [0.15, 0.2) is 36.0 Å². The summed E-state index contributed by atoms with van der Waals surface area (Å²) >= 11 is 0. The zero-order valence-corrected chi connectivity index (χ0v) is 12.9. The average Bonchev–Trinajstić information content (AvgIpc) is 2.38. The van der Waals surface area contributed by atoms with Gasteiger partial charge in [0.2, 0.25) is 0 Å². The molecular weight excluding hydrogens is 311 g/mol. The SMILES string of the molecule is COC(=O)/C=C(/Nc1cc[c-]cc1)C(=O)OC.[Y]. The van der Waals surface area contributed by atoms with E-state index in [1.54, 1.807) is 24.3 Å². The van der Waals surface area contributed by atoms with E-state index in [-0.39, 0.29) is 38.4 Å². The molecule has 1 N–H and O–H groups in total. The van der Waals surface area contributed by atoms with Gasteiger partial charge in [-0.05, 0) is 0 Å². The van der Waals surface area contributed by atoms with Crippen molar-refractivity contribution in [2.75, 3.05) is 19.5 Å². The summed E-state index contributed by atoms with van der Waals surface area (Å²) in [5, 5.41) is 2.76. The summed E-state index contributed by atoms with van der Waals surface area (Å²) in [5.74, 6) is -1.29. The van der Waals surface area contributed by atoms with E-state index < -0.39 is 11.9 Å². The Morgan fingerprint density at radius 1 is 1.22 bits per heavy atom. The Hall–Kier alpha value is -1.20. The maximum atomic E-state index is 11.4. The Kier molecular flexibility index (Phi) is 8.24. The quantitative estimate of drug-likeness (QED) is 0.511.